The minimum absolute atomic E-state index is 0.155. The summed E-state index contributed by atoms with van der Waals surface area (Å²) in [5.41, 5.74) is 0.933. The van der Waals surface area contributed by atoms with Gasteiger partial charge >= 0.3 is 6.09 Å². The van der Waals surface area contributed by atoms with Crippen LogP contribution >= 0.6 is 0 Å². The van der Waals surface area contributed by atoms with Crippen LogP contribution in [0.5, 0.6) is 5.88 Å². The molecule has 0 unspecified atom stereocenters. The van der Waals surface area contributed by atoms with E-state index in [1.165, 1.54) is 12.0 Å². The van der Waals surface area contributed by atoms with Crippen LogP contribution in [0.1, 0.15) is 44.6 Å². The van der Waals surface area contributed by atoms with E-state index in [0.717, 1.165) is 5.56 Å². The summed E-state index contributed by atoms with van der Waals surface area (Å²) in [6.07, 6.45) is 0.960. The third kappa shape index (κ3) is 5.07. The number of nitrogens with zero attached hydrogens (tertiary/aromatic N) is 3. The van der Waals surface area contributed by atoms with Crippen LogP contribution in [0, 0.1) is 0 Å². The largest absolute Gasteiger partial charge is 0.481 e. The number of hydrogen-bond acceptors (Lipinski definition) is 6. The van der Waals surface area contributed by atoms with Gasteiger partial charge in [-0.1, -0.05) is 0 Å². The molecule has 1 aliphatic rings. The Balaban J connectivity index is 1.60. The van der Waals surface area contributed by atoms with Crippen molar-refractivity contribution in [2.75, 3.05) is 19.0 Å². The second kappa shape index (κ2) is 8.70. The molecule has 0 saturated carbocycles. The maximum absolute atomic E-state index is 12.3. The van der Waals surface area contributed by atoms with Crippen molar-refractivity contribution in [1.82, 2.24) is 20.1 Å². The normalized spacial score (nSPS) is 18.8. The SMILES string of the molecule is COc1cc(CC(=O)Nc2cc([C@H]3C[C@@H](N(C(=O)O)C(C)(C)C)CO3)[nH]n2)ccn1. The zero-order chi connectivity index (χ0) is 21.9. The summed E-state index contributed by atoms with van der Waals surface area (Å²) in [5.74, 6) is 0.603. The van der Waals surface area contributed by atoms with Gasteiger partial charge in [0.25, 0.3) is 0 Å². The minimum Gasteiger partial charge on any atom is -0.481 e. The van der Waals surface area contributed by atoms with E-state index in [0.29, 0.717) is 30.4 Å². The fourth-order valence-electron chi connectivity index (χ4n) is 3.61. The number of carboxylic acid groups (broad SMARTS) is 1. The van der Waals surface area contributed by atoms with E-state index in [9.17, 15) is 14.7 Å². The van der Waals surface area contributed by atoms with Gasteiger partial charge in [-0.25, -0.2) is 9.78 Å². The molecule has 30 heavy (non-hydrogen) atoms. The van der Waals surface area contributed by atoms with Crippen LogP contribution in [-0.2, 0) is 16.0 Å². The van der Waals surface area contributed by atoms with Gasteiger partial charge in [-0.15, -0.1) is 0 Å². The number of pyridine rings is 1. The van der Waals surface area contributed by atoms with Gasteiger partial charge in [-0.05, 0) is 32.4 Å². The molecule has 2 amide bonds. The predicted molar refractivity (Wildman–Crippen MR) is 108 cm³/mol. The number of methoxy groups -OCH3 is 1. The summed E-state index contributed by atoms with van der Waals surface area (Å²) in [5, 5.41) is 19.3. The molecule has 0 bridgehead atoms. The Bertz CT molecular complexity index is 907. The molecular formula is C20H27N5O5. The number of rotatable bonds is 6. The van der Waals surface area contributed by atoms with Crippen molar-refractivity contribution >= 4 is 17.8 Å². The number of nitrogens with one attached hydrogen (secondary N) is 2. The molecular weight excluding hydrogens is 390 g/mol. The Labute approximate surface area is 174 Å². The molecule has 2 aromatic heterocycles. The van der Waals surface area contributed by atoms with E-state index in [4.69, 9.17) is 9.47 Å². The van der Waals surface area contributed by atoms with Gasteiger partial charge in [0.15, 0.2) is 5.82 Å². The summed E-state index contributed by atoms with van der Waals surface area (Å²) in [7, 11) is 1.52. The van der Waals surface area contributed by atoms with Gasteiger partial charge in [0.1, 0.15) is 6.10 Å². The summed E-state index contributed by atoms with van der Waals surface area (Å²) in [4.78, 5) is 29.4. The van der Waals surface area contributed by atoms with Crippen molar-refractivity contribution in [2.24, 2.45) is 0 Å². The number of amides is 2. The molecule has 1 saturated heterocycles. The van der Waals surface area contributed by atoms with E-state index in [1.807, 2.05) is 20.8 Å². The third-order valence-electron chi connectivity index (χ3n) is 4.86. The maximum Gasteiger partial charge on any atom is 0.408 e. The lowest BCUT2D eigenvalue weighted by Crippen LogP contribution is -2.51. The third-order valence-corrected chi connectivity index (χ3v) is 4.86. The number of aromatic amines is 1. The Hall–Kier alpha value is -3.14. The highest BCUT2D eigenvalue weighted by Crippen LogP contribution is 2.34. The number of hydrogen-bond donors (Lipinski definition) is 3. The first kappa shape index (κ1) is 21.6. The molecule has 2 aromatic rings. The fourth-order valence-corrected chi connectivity index (χ4v) is 3.61. The van der Waals surface area contributed by atoms with Gasteiger partial charge in [-0.3, -0.25) is 14.8 Å². The highest BCUT2D eigenvalue weighted by atomic mass is 16.5. The first-order valence-corrected chi connectivity index (χ1v) is 9.65. The quantitative estimate of drug-likeness (QED) is 0.659. The molecule has 162 valence electrons. The predicted octanol–water partition coefficient (Wildman–Crippen LogP) is 2.60. The highest BCUT2D eigenvalue weighted by Gasteiger charge is 2.39. The van der Waals surface area contributed by atoms with E-state index >= 15 is 0 Å². The zero-order valence-electron chi connectivity index (χ0n) is 17.5. The van der Waals surface area contributed by atoms with Crippen molar-refractivity contribution in [3.05, 3.63) is 35.7 Å². The highest BCUT2D eigenvalue weighted by molar-refractivity contribution is 5.91. The lowest BCUT2D eigenvalue weighted by atomic mass is 10.0. The standard InChI is InChI=1S/C20H27N5O5/c1-20(2,3)25(19(27)28)13-9-15(30-11-13)14-10-16(24-23-14)22-17(26)7-12-5-6-21-18(8-12)29-4/h5-6,8,10,13,15H,7,9,11H2,1-4H3,(H,27,28)(H2,22,23,24,26)/t13-,15-/m1/s1. The fraction of sp³-hybridized carbons (Fsp3) is 0.500. The molecule has 0 radical (unpaired) electrons. The van der Waals surface area contributed by atoms with Gasteiger partial charge in [-0.2, -0.15) is 5.10 Å². The average molecular weight is 417 g/mol. The monoisotopic (exact) mass is 417 g/mol. The van der Waals surface area contributed by atoms with Crippen LogP contribution in [-0.4, -0.2) is 62.5 Å². The number of aromatic nitrogens is 3. The molecule has 3 heterocycles. The summed E-state index contributed by atoms with van der Waals surface area (Å²) in [6, 6.07) is 4.90. The van der Waals surface area contributed by atoms with Crippen molar-refractivity contribution in [1.29, 1.82) is 0 Å². The average Bonchev–Trinajstić information content (AvgIpc) is 3.30. The molecule has 10 nitrogen and oxygen atoms in total. The van der Waals surface area contributed by atoms with Crippen molar-refractivity contribution in [2.45, 2.75) is 51.3 Å². The van der Waals surface area contributed by atoms with E-state index in [-0.39, 0.29) is 24.5 Å². The lowest BCUT2D eigenvalue weighted by molar-refractivity contribution is -0.115. The molecule has 1 fully saturated rings. The number of anilines is 1. The second-order valence-electron chi connectivity index (χ2n) is 8.17. The lowest BCUT2D eigenvalue weighted by Gasteiger charge is -2.37. The summed E-state index contributed by atoms with van der Waals surface area (Å²) >= 11 is 0. The Morgan fingerprint density at radius 1 is 1.40 bits per heavy atom. The Morgan fingerprint density at radius 2 is 2.17 bits per heavy atom. The summed E-state index contributed by atoms with van der Waals surface area (Å²) < 4.78 is 10.9. The summed E-state index contributed by atoms with van der Waals surface area (Å²) in [6.45, 7) is 5.88. The van der Waals surface area contributed by atoms with Gasteiger partial charge in [0, 0.05) is 30.3 Å². The molecule has 2 atom stereocenters. The van der Waals surface area contributed by atoms with Crippen LogP contribution < -0.4 is 10.1 Å². The number of H-pyrrole nitrogens is 1. The second-order valence-corrected chi connectivity index (χ2v) is 8.17. The minimum atomic E-state index is -0.970. The van der Waals surface area contributed by atoms with Crippen molar-refractivity contribution in [3.8, 4) is 5.88 Å². The maximum atomic E-state index is 12.3. The van der Waals surface area contributed by atoms with Crippen LogP contribution in [0.15, 0.2) is 24.4 Å². The van der Waals surface area contributed by atoms with Crippen molar-refractivity contribution in [3.63, 3.8) is 0 Å². The van der Waals surface area contributed by atoms with Crippen molar-refractivity contribution < 1.29 is 24.2 Å². The van der Waals surface area contributed by atoms with Crippen LogP contribution in [0.25, 0.3) is 0 Å². The molecule has 1 aliphatic heterocycles. The van der Waals surface area contributed by atoms with E-state index in [1.54, 1.807) is 24.4 Å². The van der Waals surface area contributed by atoms with Crippen LogP contribution in [0.2, 0.25) is 0 Å². The molecule has 0 aliphatic carbocycles. The molecule has 10 heteroatoms. The number of carbonyl (C=O) groups is 2. The molecule has 0 spiro atoms. The van der Waals surface area contributed by atoms with Crippen LogP contribution in [0.4, 0.5) is 10.6 Å². The Kier molecular flexibility index (Phi) is 6.25. The van der Waals surface area contributed by atoms with Gasteiger partial charge in [0.05, 0.1) is 31.9 Å². The molecule has 3 rings (SSSR count). The first-order chi connectivity index (χ1) is 14.2. The first-order valence-electron chi connectivity index (χ1n) is 9.65. The molecule has 3 N–H and O–H groups in total. The van der Waals surface area contributed by atoms with Gasteiger partial charge in [0.2, 0.25) is 11.8 Å². The number of ether oxygens (including phenoxy) is 2. The smallest absolute Gasteiger partial charge is 0.408 e. The van der Waals surface area contributed by atoms with Gasteiger partial charge < -0.3 is 19.9 Å². The topological polar surface area (TPSA) is 130 Å². The molecule has 0 aromatic carbocycles. The Morgan fingerprint density at radius 3 is 2.83 bits per heavy atom. The van der Waals surface area contributed by atoms with E-state index < -0.39 is 11.6 Å². The number of carbonyl (C=O) groups excluding carboxylic acids is 1. The van der Waals surface area contributed by atoms with Crippen LogP contribution in [0.3, 0.4) is 0 Å². The zero-order valence-corrected chi connectivity index (χ0v) is 17.5. The van der Waals surface area contributed by atoms with E-state index in [2.05, 4.69) is 20.5 Å².